The molecular weight excluding hydrogens is 228 g/mol. The van der Waals surface area contributed by atoms with Gasteiger partial charge in [0.05, 0.1) is 13.7 Å². The van der Waals surface area contributed by atoms with Crippen molar-refractivity contribution in [3.05, 3.63) is 23.3 Å². The molecule has 1 rings (SSSR count). The van der Waals surface area contributed by atoms with Gasteiger partial charge in [0.15, 0.2) is 0 Å². The van der Waals surface area contributed by atoms with Gasteiger partial charge in [-0.05, 0) is 43.7 Å². The summed E-state index contributed by atoms with van der Waals surface area (Å²) < 4.78 is 5.27. The third-order valence-electron chi connectivity index (χ3n) is 2.98. The van der Waals surface area contributed by atoms with Gasteiger partial charge in [-0.15, -0.1) is 0 Å². The molecule has 4 heteroatoms. The Balaban J connectivity index is 2.95. The highest BCUT2D eigenvalue weighted by Gasteiger charge is 2.14. The van der Waals surface area contributed by atoms with E-state index < -0.39 is 0 Å². The van der Waals surface area contributed by atoms with Crippen LogP contribution in [0.3, 0.4) is 0 Å². The number of carbonyl (C=O) groups excluding carboxylic acids is 1. The average Bonchev–Trinajstić information content (AvgIpc) is 2.37. The number of nitrogens with one attached hydrogen (secondary N) is 1. The lowest BCUT2D eigenvalue weighted by Crippen LogP contribution is -2.35. The molecule has 1 aromatic rings. The molecule has 0 saturated heterocycles. The Hall–Kier alpha value is -1.55. The fourth-order valence-electron chi connectivity index (χ4n) is 1.84. The van der Waals surface area contributed by atoms with Gasteiger partial charge in [-0.25, -0.2) is 0 Å². The molecule has 1 aromatic carbocycles. The van der Waals surface area contributed by atoms with E-state index in [1.165, 1.54) is 0 Å². The Morgan fingerprint density at radius 3 is 2.56 bits per heavy atom. The molecule has 0 aliphatic heterocycles. The zero-order chi connectivity index (χ0) is 13.7. The monoisotopic (exact) mass is 250 g/mol. The minimum Gasteiger partial charge on any atom is -0.496 e. The molecule has 100 valence electrons. The molecular formula is C14H22N2O2. The van der Waals surface area contributed by atoms with Crippen molar-refractivity contribution in [2.75, 3.05) is 32.1 Å². The van der Waals surface area contributed by atoms with Crippen LogP contribution >= 0.6 is 0 Å². The molecule has 0 unspecified atom stereocenters. The summed E-state index contributed by atoms with van der Waals surface area (Å²) in [5.74, 6) is 0.910. The van der Waals surface area contributed by atoms with E-state index in [2.05, 4.69) is 5.32 Å². The standard InChI is InChI=1S/C14H22N2O2/c1-6-15-9-14(17)16(4)12-7-11(3)13(18-5)8-10(12)2/h7-8,15H,6,9H2,1-5H3. The second-order valence-corrected chi connectivity index (χ2v) is 4.34. The van der Waals surface area contributed by atoms with Crippen molar-refractivity contribution >= 4 is 11.6 Å². The number of nitrogens with zero attached hydrogens (tertiary/aromatic N) is 1. The van der Waals surface area contributed by atoms with E-state index in [1.54, 1.807) is 19.1 Å². The minimum absolute atomic E-state index is 0.0597. The number of rotatable bonds is 5. The van der Waals surface area contributed by atoms with E-state index in [-0.39, 0.29) is 5.91 Å². The van der Waals surface area contributed by atoms with Crippen molar-refractivity contribution < 1.29 is 9.53 Å². The average molecular weight is 250 g/mol. The van der Waals surface area contributed by atoms with Crippen LogP contribution in [0.2, 0.25) is 0 Å². The van der Waals surface area contributed by atoms with Gasteiger partial charge >= 0.3 is 0 Å². The van der Waals surface area contributed by atoms with E-state index in [4.69, 9.17) is 4.74 Å². The number of ether oxygens (including phenoxy) is 1. The summed E-state index contributed by atoms with van der Waals surface area (Å²) >= 11 is 0. The van der Waals surface area contributed by atoms with E-state index in [9.17, 15) is 4.79 Å². The maximum Gasteiger partial charge on any atom is 0.240 e. The van der Waals surface area contributed by atoms with E-state index >= 15 is 0 Å². The fourth-order valence-corrected chi connectivity index (χ4v) is 1.84. The lowest BCUT2D eigenvalue weighted by Gasteiger charge is -2.21. The van der Waals surface area contributed by atoms with Crippen molar-refractivity contribution in [1.29, 1.82) is 0 Å². The number of anilines is 1. The van der Waals surface area contributed by atoms with E-state index in [0.29, 0.717) is 6.54 Å². The summed E-state index contributed by atoms with van der Waals surface area (Å²) in [5, 5.41) is 3.04. The maximum absolute atomic E-state index is 12.0. The summed E-state index contributed by atoms with van der Waals surface area (Å²) in [6.07, 6.45) is 0. The minimum atomic E-state index is 0.0597. The van der Waals surface area contributed by atoms with Gasteiger partial charge in [0.1, 0.15) is 5.75 Å². The van der Waals surface area contributed by atoms with Gasteiger partial charge < -0.3 is 15.0 Å². The molecule has 0 spiro atoms. The summed E-state index contributed by atoms with van der Waals surface area (Å²) in [7, 11) is 3.45. The van der Waals surface area contributed by atoms with Crippen LogP contribution in [-0.2, 0) is 4.79 Å². The molecule has 4 nitrogen and oxygen atoms in total. The van der Waals surface area contributed by atoms with Crippen molar-refractivity contribution in [3.63, 3.8) is 0 Å². The Bertz CT molecular complexity index is 430. The third kappa shape index (κ3) is 3.23. The molecule has 0 fully saturated rings. The highest BCUT2D eigenvalue weighted by molar-refractivity contribution is 5.95. The molecule has 1 amide bonds. The number of hydrogen-bond donors (Lipinski definition) is 1. The van der Waals surface area contributed by atoms with Crippen molar-refractivity contribution in [2.24, 2.45) is 0 Å². The van der Waals surface area contributed by atoms with Crippen molar-refractivity contribution in [3.8, 4) is 5.75 Å². The predicted molar refractivity (Wildman–Crippen MR) is 74.4 cm³/mol. The fraction of sp³-hybridized carbons (Fsp3) is 0.500. The van der Waals surface area contributed by atoms with Gasteiger partial charge in [0, 0.05) is 12.7 Å². The van der Waals surface area contributed by atoms with Crippen LogP contribution in [0.15, 0.2) is 12.1 Å². The number of carbonyl (C=O) groups is 1. The second kappa shape index (κ2) is 6.40. The Labute approximate surface area is 109 Å². The summed E-state index contributed by atoms with van der Waals surface area (Å²) in [4.78, 5) is 13.6. The zero-order valence-corrected chi connectivity index (χ0v) is 11.8. The first-order valence-corrected chi connectivity index (χ1v) is 6.13. The van der Waals surface area contributed by atoms with Crippen LogP contribution in [0.5, 0.6) is 5.75 Å². The van der Waals surface area contributed by atoms with Gasteiger partial charge in [0.2, 0.25) is 5.91 Å². The third-order valence-corrected chi connectivity index (χ3v) is 2.98. The second-order valence-electron chi connectivity index (χ2n) is 4.34. The van der Waals surface area contributed by atoms with Crippen molar-refractivity contribution in [1.82, 2.24) is 5.32 Å². The Morgan fingerprint density at radius 2 is 2.00 bits per heavy atom. The largest absolute Gasteiger partial charge is 0.496 e. The number of amides is 1. The smallest absolute Gasteiger partial charge is 0.240 e. The SMILES string of the molecule is CCNCC(=O)N(C)c1cc(C)c(OC)cc1C. The van der Waals surface area contributed by atoms with Gasteiger partial charge in [-0.3, -0.25) is 4.79 Å². The molecule has 0 saturated carbocycles. The number of methoxy groups -OCH3 is 1. The number of hydrogen-bond acceptors (Lipinski definition) is 3. The topological polar surface area (TPSA) is 41.6 Å². The number of aryl methyl sites for hydroxylation is 2. The Kier molecular flexibility index (Phi) is 5.16. The van der Waals surface area contributed by atoms with Crippen LogP contribution in [-0.4, -0.2) is 33.2 Å². The quantitative estimate of drug-likeness (QED) is 0.867. The van der Waals surface area contributed by atoms with Gasteiger partial charge in [-0.2, -0.15) is 0 Å². The molecule has 0 radical (unpaired) electrons. The molecule has 1 N–H and O–H groups in total. The highest BCUT2D eigenvalue weighted by atomic mass is 16.5. The molecule has 0 aliphatic carbocycles. The molecule has 0 bridgehead atoms. The summed E-state index contributed by atoms with van der Waals surface area (Å²) in [5.41, 5.74) is 2.99. The summed E-state index contributed by atoms with van der Waals surface area (Å²) in [6, 6.07) is 3.94. The molecule has 0 aromatic heterocycles. The normalized spacial score (nSPS) is 10.3. The summed E-state index contributed by atoms with van der Waals surface area (Å²) in [6.45, 7) is 7.09. The molecule has 0 aliphatic rings. The first-order chi connectivity index (χ1) is 8.51. The molecule has 18 heavy (non-hydrogen) atoms. The van der Waals surface area contributed by atoms with Crippen LogP contribution in [0.25, 0.3) is 0 Å². The highest BCUT2D eigenvalue weighted by Crippen LogP contribution is 2.28. The van der Waals surface area contributed by atoms with Crippen LogP contribution in [0, 0.1) is 13.8 Å². The molecule has 0 atom stereocenters. The van der Waals surface area contributed by atoms with Gasteiger partial charge in [-0.1, -0.05) is 6.92 Å². The zero-order valence-electron chi connectivity index (χ0n) is 11.8. The van der Waals surface area contributed by atoms with Crippen LogP contribution < -0.4 is 15.0 Å². The predicted octanol–water partition coefficient (Wildman–Crippen LogP) is 1.88. The van der Waals surface area contributed by atoms with Crippen LogP contribution in [0.1, 0.15) is 18.1 Å². The number of likely N-dealkylation sites (N-methyl/N-ethyl adjacent to an activating group) is 2. The maximum atomic E-state index is 12.0. The first kappa shape index (κ1) is 14.5. The van der Waals surface area contributed by atoms with Gasteiger partial charge in [0.25, 0.3) is 0 Å². The number of benzene rings is 1. The van der Waals surface area contributed by atoms with Crippen LogP contribution in [0.4, 0.5) is 5.69 Å². The lowest BCUT2D eigenvalue weighted by molar-refractivity contribution is -0.117. The molecule has 0 heterocycles. The van der Waals surface area contributed by atoms with Crippen molar-refractivity contribution in [2.45, 2.75) is 20.8 Å². The first-order valence-electron chi connectivity index (χ1n) is 6.13. The lowest BCUT2D eigenvalue weighted by atomic mass is 10.1. The Morgan fingerprint density at radius 1 is 1.33 bits per heavy atom. The van der Waals surface area contributed by atoms with E-state index in [1.807, 2.05) is 32.9 Å². The van der Waals surface area contributed by atoms with E-state index in [0.717, 1.165) is 29.1 Å².